The second kappa shape index (κ2) is 8.96. The van der Waals surface area contributed by atoms with Crippen LogP contribution in [0.1, 0.15) is 84.2 Å². The summed E-state index contributed by atoms with van der Waals surface area (Å²) in [6.07, 6.45) is 9.04. The third-order valence-electron chi connectivity index (χ3n) is 7.06. The average Bonchev–Trinajstić information content (AvgIpc) is 3.05. The molecule has 0 unspecified atom stereocenters. The molecule has 1 aromatic heterocycles. The van der Waals surface area contributed by atoms with E-state index in [1.165, 1.54) is 56.1 Å². The van der Waals surface area contributed by atoms with Gasteiger partial charge in [-0.1, -0.05) is 71.2 Å². The molecular formula is C25H38N4S. The number of piperidine rings is 1. The fourth-order valence-corrected chi connectivity index (χ4v) is 5.42. The topological polar surface area (TPSA) is 26.0 Å². The second-order valence-electron chi connectivity index (χ2n) is 10.5. The predicted molar refractivity (Wildman–Crippen MR) is 127 cm³/mol. The molecule has 0 spiro atoms. The Kier molecular flexibility index (Phi) is 6.50. The molecule has 164 valence electrons. The van der Waals surface area contributed by atoms with Crippen LogP contribution in [0.2, 0.25) is 0 Å². The SMILES string of the molecule is C[C@@H]1CCCC[C@H]1n1c(-c2ccc(C(C)(C)C)cc2)nn(CN2CCCCC2)c1=S. The molecule has 4 rings (SSSR count). The van der Waals surface area contributed by atoms with Crippen molar-refractivity contribution in [2.75, 3.05) is 13.1 Å². The lowest BCUT2D eigenvalue weighted by Crippen LogP contribution is -2.32. The van der Waals surface area contributed by atoms with Gasteiger partial charge in [-0.3, -0.25) is 9.47 Å². The Morgan fingerprint density at radius 3 is 2.27 bits per heavy atom. The van der Waals surface area contributed by atoms with E-state index in [2.05, 4.69) is 66.1 Å². The number of aromatic nitrogens is 3. The standard InChI is InChI=1S/C25H38N4S/c1-19-10-6-7-11-22(19)29-23(20-12-14-21(15-13-20)25(2,3)4)26-28(24(29)30)18-27-16-8-5-9-17-27/h12-15,19,22H,5-11,16-18H2,1-4H3/t19-,22-/m1/s1. The van der Waals surface area contributed by atoms with E-state index < -0.39 is 0 Å². The molecule has 0 bridgehead atoms. The number of rotatable bonds is 4. The van der Waals surface area contributed by atoms with Gasteiger partial charge in [0.1, 0.15) is 0 Å². The summed E-state index contributed by atoms with van der Waals surface area (Å²) >= 11 is 6.04. The van der Waals surface area contributed by atoms with Crippen molar-refractivity contribution < 1.29 is 0 Å². The van der Waals surface area contributed by atoms with Crippen molar-refractivity contribution in [2.24, 2.45) is 5.92 Å². The fourth-order valence-electron chi connectivity index (χ4n) is 5.10. The maximum atomic E-state index is 6.04. The third kappa shape index (κ3) is 4.57. The van der Waals surface area contributed by atoms with Crippen molar-refractivity contribution in [3.8, 4) is 11.4 Å². The molecule has 2 heterocycles. The molecular weight excluding hydrogens is 388 g/mol. The van der Waals surface area contributed by atoms with Gasteiger partial charge in [-0.2, -0.15) is 5.10 Å². The van der Waals surface area contributed by atoms with Crippen molar-refractivity contribution in [1.29, 1.82) is 0 Å². The van der Waals surface area contributed by atoms with Gasteiger partial charge in [-0.05, 0) is 67.9 Å². The molecule has 2 aliphatic rings. The van der Waals surface area contributed by atoms with Crippen LogP contribution in [-0.2, 0) is 12.1 Å². The minimum Gasteiger partial charge on any atom is -0.297 e. The molecule has 4 nitrogen and oxygen atoms in total. The highest BCUT2D eigenvalue weighted by atomic mass is 32.1. The first-order chi connectivity index (χ1) is 14.3. The highest BCUT2D eigenvalue weighted by Crippen LogP contribution is 2.37. The largest absolute Gasteiger partial charge is 0.297 e. The van der Waals surface area contributed by atoms with Gasteiger partial charge in [0.05, 0.1) is 6.67 Å². The van der Waals surface area contributed by atoms with Crippen LogP contribution in [0.25, 0.3) is 11.4 Å². The minimum absolute atomic E-state index is 0.156. The van der Waals surface area contributed by atoms with Gasteiger partial charge < -0.3 is 0 Å². The summed E-state index contributed by atoms with van der Waals surface area (Å²) in [6.45, 7) is 12.3. The van der Waals surface area contributed by atoms with Crippen LogP contribution in [0.5, 0.6) is 0 Å². The average molecular weight is 427 g/mol. The van der Waals surface area contributed by atoms with Crippen LogP contribution in [0.15, 0.2) is 24.3 Å². The molecule has 1 saturated carbocycles. The molecule has 2 aromatic rings. The van der Waals surface area contributed by atoms with Crippen molar-refractivity contribution in [2.45, 2.75) is 90.8 Å². The normalized spacial score (nSPS) is 23.6. The van der Waals surface area contributed by atoms with E-state index in [0.717, 1.165) is 30.4 Å². The highest BCUT2D eigenvalue weighted by molar-refractivity contribution is 7.71. The predicted octanol–water partition coefficient (Wildman–Crippen LogP) is 6.57. The van der Waals surface area contributed by atoms with Gasteiger partial charge in [0.15, 0.2) is 10.6 Å². The Labute approximate surface area is 187 Å². The number of benzene rings is 1. The first kappa shape index (κ1) is 21.8. The number of hydrogen-bond donors (Lipinski definition) is 0. The lowest BCUT2D eigenvalue weighted by atomic mass is 9.85. The van der Waals surface area contributed by atoms with Crippen LogP contribution in [0.4, 0.5) is 0 Å². The van der Waals surface area contributed by atoms with E-state index in [4.69, 9.17) is 17.3 Å². The van der Waals surface area contributed by atoms with Crippen LogP contribution >= 0.6 is 12.2 Å². The highest BCUT2D eigenvalue weighted by Gasteiger charge is 2.28. The molecule has 0 N–H and O–H groups in total. The minimum atomic E-state index is 0.156. The Hall–Kier alpha value is -1.46. The zero-order chi connectivity index (χ0) is 21.3. The van der Waals surface area contributed by atoms with Crippen molar-refractivity contribution in [3.63, 3.8) is 0 Å². The molecule has 30 heavy (non-hydrogen) atoms. The first-order valence-corrected chi connectivity index (χ1v) is 12.3. The summed E-state index contributed by atoms with van der Waals surface area (Å²) in [6, 6.07) is 9.46. The van der Waals surface area contributed by atoms with Gasteiger partial charge in [-0.25, -0.2) is 4.68 Å². The number of nitrogens with zero attached hydrogens (tertiary/aromatic N) is 4. The zero-order valence-corrected chi connectivity index (χ0v) is 20.0. The molecule has 0 amide bonds. The van der Waals surface area contributed by atoms with Crippen LogP contribution in [-0.4, -0.2) is 32.3 Å². The maximum absolute atomic E-state index is 6.04. The summed E-state index contributed by atoms with van der Waals surface area (Å²) in [4.78, 5) is 2.51. The lowest BCUT2D eigenvalue weighted by molar-refractivity contribution is 0.171. The molecule has 1 aromatic carbocycles. The van der Waals surface area contributed by atoms with E-state index >= 15 is 0 Å². The van der Waals surface area contributed by atoms with Crippen molar-refractivity contribution in [3.05, 3.63) is 34.6 Å². The third-order valence-corrected chi connectivity index (χ3v) is 7.47. The zero-order valence-electron chi connectivity index (χ0n) is 19.2. The lowest BCUT2D eigenvalue weighted by Gasteiger charge is -2.30. The molecule has 1 saturated heterocycles. The smallest absolute Gasteiger partial charge is 0.199 e. The Balaban J connectivity index is 1.73. The first-order valence-electron chi connectivity index (χ1n) is 11.9. The Bertz CT molecular complexity index is 897. The summed E-state index contributed by atoms with van der Waals surface area (Å²) in [5, 5.41) is 5.11. The number of hydrogen-bond acceptors (Lipinski definition) is 3. The molecule has 2 fully saturated rings. The van der Waals surface area contributed by atoms with E-state index in [0.29, 0.717) is 12.0 Å². The second-order valence-corrected chi connectivity index (χ2v) is 10.8. The van der Waals surface area contributed by atoms with Gasteiger partial charge in [0, 0.05) is 11.6 Å². The molecule has 5 heteroatoms. The van der Waals surface area contributed by atoms with Crippen LogP contribution < -0.4 is 0 Å². The van der Waals surface area contributed by atoms with E-state index in [1.54, 1.807) is 0 Å². The summed E-state index contributed by atoms with van der Waals surface area (Å²) in [5.74, 6) is 1.70. The van der Waals surface area contributed by atoms with Gasteiger partial charge in [-0.15, -0.1) is 0 Å². The summed E-state index contributed by atoms with van der Waals surface area (Å²) in [5.41, 5.74) is 2.70. The monoisotopic (exact) mass is 426 g/mol. The van der Waals surface area contributed by atoms with E-state index in [9.17, 15) is 0 Å². The van der Waals surface area contributed by atoms with Crippen molar-refractivity contribution in [1.82, 2.24) is 19.2 Å². The summed E-state index contributed by atoms with van der Waals surface area (Å²) < 4.78 is 5.39. The van der Waals surface area contributed by atoms with Crippen molar-refractivity contribution >= 4 is 12.2 Å². The van der Waals surface area contributed by atoms with Gasteiger partial charge in [0.25, 0.3) is 0 Å². The molecule has 2 atom stereocenters. The van der Waals surface area contributed by atoms with Gasteiger partial charge >= 0.3 is 0 Å². The van der Waals surface area contributed by atoms with Crippen LogP contribution in [0, 0.1) is 10.7 Å². The summed E-state index contributed by atoms with van der Waals surface area (Å²) in [7, 11) is 0. The molecule has 0 radical (unpaired) electrons. The Morgan fingerprint density at radius 2 is 1.63 bits per heavy atom. The molecule has 1 aliphatic heterocycles. The molecule has 1 aliphatic carbocycles. The number of likely N-dealkylation sites (tertiary alicyclic amines) is 1. The van der Waals surface area contributed by atoms with Crippen LogP contribution in [0.3, 0.4) is 0 Å². The van der Waals surface area contributed by atoms with Gasteiger partial charge in [0.2, 0.25) is 0 Å². The van der Waals surface area contributed by atoms with E-state index in [1.807, 2.05) is 0 Å². The fraction of sp³-hybridized carbons (Fsp3) is 0.680. The quantitative estimate of drug-likeness (QED) is 0.517. The van der Waals surface area contributed by atoms with E-state index in [-0.39, 0.29) is 5.41 Å². The maximum Gasteiger partial charge on any atom is 0.199 e. The Morgan fingerprint density at radius 1 is 0.967 bits per heavy atom.